The maximum Gasteiger partial charge on any atom is 0.141 e. The van der Waals surface area contributed by atoms with Gasteiger partial charge in [-0.15, -0.1) is 5.10 Å². The van der Waals surface area contributed by atoms with Crippen molar-refractivity contribution < 1.29 is 0 Å². The first-order chi connectivity index (χ1) is 8.34. The first-order valence-electron chi connectivity index (χ1n) is 5.40. The number of likely N-dealkylation sites (tertiary alicyclic amines) is 1. The molecular weight excluding hydrogens is 260 g/mol. The highest BCUT2D eigenvalue weighted by Crippen LogP contribution is 2.32. The molecule has 1 aliphatic rings. The molecular formula is C9H11ClN6S. The van der Waals surface area contributed by atoms with Gasteiger partial charge in [0.25, 0.3) is 0 Å². The van der Waals surface area contributed by atoms with Crippen LogP contribution in [0.2, 0.25) is 4.34 Å². The second-order valence-corrected chi connectivity index (χ2v) is 5.35. The Kier molecular flexibility index (Phi) is 3.04. The van der Waals surface area contributed by atoms with E-state index < -0.39 is 0 Å². The standard InChI is InChI=1S/C9H11ClN6S/c10-8-6(13-15-17-8)4-16-3-1-2-7(16)9-11-5-12-14-9/h5,7H,1-4H2,(H,11,12,14)/t7-/m0/s1. The zero-order chi connectivity index (χ0) is 11.7. The first-order valence-corrected chi connectivity index (χ1v) is 6.56. The van der Waals surface area contributed by atoms with Crippen LogP contribution in [0.25, 0.3) is 0 Å². The normalized spacial score (nSPS) is 21.1. The van der Waals surface area contributed by atoms with Crippen LogP contribution in [0.4, 0.5) is 0 Å². The lowest BCUT2D eigenvalue weighted by Crippen LogP contribution is -2.24. The summed E-state index contributed by atoms with van der Waals surface area (Å²) in [4.78, 5) is 6.53. The van der Waals surface area contributed by atoms with E-state index >= 15 is 0 Å². The number of hydrogen-bond donors (Lipinski definition) is 1. The molecule has 8 heteroatoms. The Morgan fingerprint density at radius 1 is 1.59 bits per heavy atom. The lowest BCUT2D eigenvalue weighted by Gasteiger charge is -2.21. The van der Waals surface area contributed by atoms with Crippen LogP contribution in [0.3, 0.4) is 0 Å². The molecule has 0 spiro atoms. The van der Waals surface area contributed by atoms with Crippen LogP contribution in [-0.2, 0) is 6.54 Å². The van der Waals surface area contributed by atoms with Crippen molar-refractivity contribution >= 4 is 23.1 Å². The highest BCUT2D eigenvalue weighted by molar-refractivity contribution is 7.10. The van der Waals surface area contributed by atoms with E-state index in [1.54, 1.807) is 6.33 Å². The smallest absolute Gasteiger partial charge is 0.141 e. The van der Waals surface area contributed by atoms with E-state index in [9.17, 15) is 0 Å². The third kappa shape index (κ3) is 2.18. The molecule has 90 valence electrons. The lowest BCUT2D eigenvalue weighted by molar-refractivity contribution is 0.237. The molecule has 17 heavy (non-hydrogen) atoms. The SMILES string of the molecule is Clc1snnc1CN1CCC[C@H]1c1ncn[nH]1. The molecule has 0 saturated carbocycles. The summed E-state index contributed by atoms with van der Waals surface area (Å²) in [6.07, 6.45) is 3.79. The molecule has 0 unspecified atom stereocenters. The van der Waals surface area contributed by atoms with Crippen LogP contribution < -0.4 is 0 Å². The Hall–Kier alpha value is -1.05. The lowest BCUT2D eigenvalue weighted by atomic mass is 10.2. The second-order valence-electron chi connectivity index (χ2n) is 3.99. The molecule has 0 radical (unpaired) electrons. The minimum absolute atomic E-state index is 0.287. The topological polar surface area (TPSA) is 70.6 Å². The minimum Gasteiger partial charge on any atom is -0.287 e. The molecule has 0 aliphatic carbocycles. The second kappa shape index (κ2) is 4.67. The fourth-order valence-electron chi connectivity index (χ4n) is 2.18. The van der Waals surface area contributed by atoms with Crippen LogP contribution in [-0.4, -0.2) is 36.2 Å². The zero-order valence-electron chi connectivity index (χ0n) is 9.01. The van der Waals surface area contributed by atoms with Crippen molar-refractivity contribution in [2.45, 2.75) is 25.4 Å². The van der Waals surface area contributed by atoms with Gasteiger partial charge in [0.05, 0.1) is 6.04 Å². The van der Waals surface area contributed by atoms with Gasteiger partial charge >= 0.3 is 0 Å². The van der Waals surface area contributed by atoms with Gasteiger partial charge in [-0.2, -0.15) is 5.10 Å². The average molecular weight is 271 g/mol. The third-order valence-corrected chi connectivity index (χ3v) is 3.96. The van der Waals surface area contributed by atoms with E-state index in [0.717, 1.165) is 37.4 Å². The Bertz CT molecular complexity index is 483. The Balaban J connectivity index is 1.77. The zero-order valence-corrected chi connectivity index (χ0v) is 10.6. The molecule has 0 aromatic carbocycles. The summed E-state index contributed by atoms with van der Waals surface area (Å²) < 4.78 is 4.52. The summed E-state index contributed by atoms with van der Waals surface area (Å²) in [6, 6.07) is 0.287. The van der Waals surface area contributed by atoms with E-state index in [4.69, 9.17) is 11.6 Å². The maximum atomic E-state index is 6.02. The number of nitrogens with one attached hydrogen (secondary N) is 1. The van der Waals surface area contributed by atoms with Crippen LogP contribution in [0, 0.1) is 0 Å². The number of aromatic nitrogens is 5. The van der Waals surface area contributed by atoms with Crippen molar-refractivity contribution in [2.24, 2.45) is 0 Å². The maximum absolute atomic E-state index is 6.02. The van der Waals surface area contributed by atoms with E-state index in [-0.39, 0.29) is 6.04 Å². The summed E-state index contributed by atoms with van der Waals surface area (Å²) in [5, 5.41) is 10.9. The molecule has 1 fully saturated rings. The largest absolute Gasteiger partial charge is 0.287 e. The number of rotatable bonds is 3. The van der Waals surface area contributed by atoms with Gasteiger partial charge in [0.2, 0.25) is 0 Å². The van der Waals surface area contributed by atoms with E-state index in [1.807, 2.05) is 0 Å². The number of halogens is 1. The summed E-state index contributed by atoms with van der Waals surface area (Å²) in [5.74, 6) is 0.918. The summed E-state index contributed by atoms with van der Waals surface area (Å²) >= 11 is 7.25. The van der Waals surface area contributed by atoms with E-state index in [1.165, 1.54) is 11.5 Å². The minimum atomic E-state index is 0.287. The summed E-state index contributed by atoms with van der Waals surface area (Å²) in [6.45, 7) is 1.75. The van der Waals surface area contributed by atoms with Crippen molar-refractivity contribution in [3.05, 3.63) is 22.2 Å². The predicted molar refractivity (Wildman–Crippen MR) is 63.7 cm³/mol. The average Bonchev–Trinajstić information content (AvgIpc) is 3.02. The quantitative estimate of drug-likeness (QED) is 0.918. The number of hydrogen-bond acceptors (Lipinski definition) is 6. The third-order valence-electron chi connectivity index (χ3n) is 2.98. The molecule has 2 aromatic heterocycles. The molecule has 0 bridgehead atoms. The Morgan fingerprint density at radius 3 is 3.24 bits per heavy atom. The monoisotopic (exact) mass is 270 g/mol. The molecule has 3 heterocycles. The number of nitrogens with zero attached hydrogens (tertiary/aromatic N) is 5. The molecule has 1 aliphatic heterocycles. The highest BCUT2D eigenvalue weighted by atomic mass is 35.5. The van der Waals surface area contributed by atoms with Crippen LogP contribution in [0.5, 0.6) is 0 Å². The van der Waals surface area contributed by atoms with Crippen LogP contribution in [0.1, 0.15) is 30.4 Å². The fraction of sp³-hybridized carbons (Fsp3) is 0.556. The van der Waals surface area contributed by atoms with E-state index in [0.29, 0.717) is 4.34 Å². The van der Waals surface area contributed by atoms with Crippen molar-refractivity contribution in [2.75, 3.05) is 6.54 Å². The summed E-state index contributed by atoms with van der Waals surface area (Å²) in [7, 11) is 0. The summed E-state index contributed by atoms with van der Waals surface area (Å²) in [5.41, 5.74) is 0.850. The van der Waals surface area contributed by atoms with Gasteiger partial charge in [0.15, 0.2) is 0 Å². The van der Waals surface area contributed by atoms with Gasteiger partial charge in [-0.1, -0.05) is 16.1 Å². The molecule has 3 rings (SSSR count). The van der Waals surface area contributed by atoms with Crippen molar-refractivity contribution in [3.8, 4) is 0 Å². The highest BCUT2D eigenvalue weighted by Gasteiger charge is 2.29. The number of H-pyrrole nitrogens is 1. The van der Waals surface area contributed by atoms with Gasteiger partial charge in [-0.25, -0.2) is 4.98 Å². The van der Waals surface area contributed by atoms with Crippen molar-refractivity contribution in [1.82, 2.24) is 29.7 Å². The van der Waals surface area contributed by atoms with Crippen LogP contribution in [0.15, 0.2) is 6.33 Å². The Labute approximate surface area is 107 Å². The van der Waals surface area contributed by atoms with Crippen molar-refractivity contribution in [3.63, 3.8) is 0 Å². The first kappa shape index (κ1) is 11.1. The van der Waals surface area contributed by atoms with Gasteiger partial charge in [0, 0.05) is 18.1 Å². The molecule has 1 atom stereocenters. The fourth-order valence-corrected chi connectivity index (χ4v) is 2.80. The number of aromatic amines is 1. The predicted octanol–water partition coefficient (Wildman–Crippen LogP) is 1.65. The molecule has 2 aromatic rings. The van der Waals surface area contributed by atoms with Gasteiger partial charge in [-0.05, 0) is 19.4 Å². The van der Waals surface area contributed by atoms with E-state index in [2.05, 4.69) is 29.7 Å². The molecule has 1 saturated heterocycles. The van der Waals surface area contributed by atoms with Crippen LogP contribution >= 0.6 is 23.1 Å². The van der Waals surface area contributed by atoms with Gasteiger partial charge in [0.1, 0.15) is 22.2 Å². The molecule has 6 nitrogen and oxygen atoms in total. The van der Waals surface area contributed by atoms with Gasteiger partial charge in [-0.3, -0.25) is 10.00 Å². The Morgan fingerprint density at radius 2 is 2.53 bits per heavy atom. The van der Waals surface area contributed by atoms with Gasteiger partial charge < -0.3 is 0 Å². The molecule has 0 amide bonds. The van der Waals surface area contributed by atoms with Crippen molar-refractivity contribution in [1.29, 1.82) is 0 Å². The molecule has 1 N–H and O–H groups in total.